The van der Waals surface area contributed by atoms with Crippen molar-refractivity contribution in [3.8, 4) is 0 Å². The van der Waals surface area contributed by atoms with Gasteiger partial charge in [0.2, 0.25) is 15.9 Å². The molecule has 7 heteroatoms. The smallest absolute Gasteiger partial charge is 0.241 e. The molecule has 0 spiro atoms. The van der Waals surface area contributed by atoms with E-state index in [0.717, 1.165) is 12.0 Å². The summed E-state index contributed by atoms with van der Waals surface area (Å²) in [4.78, 5) is 12.1. The number of amides is 1. The van der Waals surface area contributed by atoms with Gasteiger partial charge in [-0.2, -0.15) is 0 Å². The Labute approximate surface area is 157 Å². The Morgan fingerprint density at radius 3 is 2.31 bits per heavy atom. The van der Waals surface area contributed by atoms with Crippen LogP contribution in [0.15, 0.2) is 17.0 Å². The summed E-state index contributed by atoms with van der Waals surface area (Å²) in [6.45, 7) is 11.6. The molecule has 0 aromatic heterocycles. The number of hydrogen-bond donors (Lipinski definition) is 2. The lowest BCUT2D eigenvalue weighted by atomic mass is 10.1. The molecule has 0 saturated carbocycles. The normalized spacial score (nSPS) is 11.8. The summed E-state index contributed by atoms with van der Waals surface area (Å²) in [6.07, 6.45) is 0.849. The summed E-state index contributed by atoms with van der Waals surface area (Å²) in [5.41, 5.74) is 2.44. The number of hydrogen-bond acceptors (Lipinski definition) is 4. The van der Waals surface area contributed by atoms with Crippen molar-refractivity contribution in [2.24, 2.45) is 5.92 Å². The van der Waals surface area contributed by atoms with E-state index in [1.165, 1.54) is 0 Å². The second kappa shape index (κ2) is 10.6. The van der Waals surface area contributed by atoms with Gasteiger partial charge in [-0.3, -0.25) is 4.79 Å². The summed E-state index contributed by atoms with van der Waals surface area (Å²) in [5, 5.41) is 2.77. The maximum Gasteiger partial charge on any atom is 0.241 e. The van der Waals surface area contributed by atoms with Gasteiger partial charge in [-0.1, -0.05) is 31.5 Å². The minimum absolute atomic E-state index is 0.0742. The van der Waals surface area contributed by atoms with Crippen LogP contribution >= 0.6 is 0 Å². The summed E-state index contributed by atoms with van der Waals surface area (Å²) >= 11 is 0. The highest BCUT2D eigenvalue weighted by Crippen LogP contribution is 2.21. The van der Waals surface area contributed by atoms with Crippen LogP contribution in [0.2, 0.25) is 0 Å². The molecule has 1 aromatic carbocycles. The van der Waals surface area contributed by atoms with Crippen LogP contribution in [0.5, 0.6) is 0 Å². The van der Waals surface area contributed by atoms with Gasteiger partial charge in [0.1, 0.15) is 0 Å². The van der Waals surface area contributed by atoms with Crippen LogP contribution in [-0.4, -0.2) is 40.6 Å². The molecule has 0 aliphatic heterocycles. The van der Waals surface area contributed by atoms with Crippen molar-refractivity contribution in [3.63, 3.8) is 0 Å². The van der Waals surface area contributed by atoms with Gasteiger partial charge in [0.05, 0.1) is 4.90 Å². The molecule has 0 heterocycles. The molecule has 148 valence electrons. The second-order valence-corrected chi connectivity index (χ2v) is 8.75. The van der Waals surface area contributed by atoms with Crippen molar-refractivity contribution in [3.05, 3.63) is 28.8 Å². The van der Waals surface area contributed by atoms with Gasteiger partial charge in [-0.25, -0.2) is 13.1 Å². The number of aryl methyl sites for hydroxylation is 3. The van der Waals surface area contributed by atoms with Crippen molar-refractivity contribution in [1.29, 1.82) is 0 Å². The first kappa shape index (κ1) is 22.6. The molecule has 1 amide bonds. The molecular weight excluding hydrogens is 352 g/mol. The van der Waals surface area contributed by atoms with Crippen LogP contribution in [0, 0.1) is 26.7 Å². The molecule has 0 radical (unpaired) electrons. The lowest BCUT2D eigenvalue weighted by Gasteiger charge is -2.13. The first-order valence-electron chi connectivity index (χ1n) is 9.05. The Balaban J connectivity index is 2.37. The fraction of sp³-hybridized carbons (Fsp3) is 0.632. The van der Waals surface area contributed by atoms with Gasteiger partial charge in [0.25, 0.3) is 0 Å². The van der Waals surface area contributed by atoms with E-state index < -0.39 is 10.0 Å². The lowest BCUT2D eigenvalue weighted by molar-refractivity contribution is -0.120. The summed E-state index contributed by atoms with van der Waals surface area (Å²) < 4.78 is 32.9. The molecule has 26 heavy (non-hydrogen) atoms. The van der Waals surface area contributed by atoms with Gasteiger partial charge >= 0.3 is 0 Å². The zero-order chi connectivity index (χ0) is 19.7. The maximum atomic E-state index is 12.5. The molecule has 0 aliphatic carbocycles. The van der Waals surface area contributed by atoms with Crippen molar-refractivity contribution in [2.75, 3.05) is 26.3 Å². The molecule has 0 bridgehead atoms. The average Bonchev–Trinajstić information content (AvgIpc) is 2.48. The fourth-order valence-corrected chi connectivity index (χ4v) is 4.25. The Kier molecular flexibility index (Phi) is 9.25. The van der Waals surface area contributed by atoms with Crippen molar-refractivity contribution in [2.45, 2.75) is 52.4 Å². The molecule has 1 rings (SSSR count). The third-order valence-corrected chi connectivity index (χ3v) is 5.52. The molecule has 0 aliphatic rings. The van der Waals surface area contributed by atoms with Crippen LogP contribution in [0.3, 0.4) is 0 Å². The van der Waals surface area contributed by atoms with E-state index in [2.05, 4.69) is 23.9 Å². The number of benzene rings is 1. The predicted octanol–water partition coefficient (Wildman–Crippen LogP) is 2.46. The third-order valence-electron chi connectivity index (χ3n) is 3.76. The summed E-state index contributed by atoms with van der Waals surface area (Å²) in [6, 6.07) is 3.69. The van der Waals surface area contributed by atoms with E-state index in [0.29, 0.717) is 41.7 Å². The third kappa shape index (κ3) is 7.85. The molecule has 0 unspecified atom stereocenters. The van der Waals surface area contributed by atoms with E-state index >= 15 is 0 Å². The van der Waals surface area contributed by atoms with E-state index in [4.69, 9.17) is 4.74 Å². The average molecular weight is 385 g/mol. The number of carbonyl (C=O) groups excluding carboxylic acids is 1. The highest BCUT2D eigenvalue weighted by atomic mass is 32.2. The Bertz CT molecular complexity index is 676. The van der Waals surface area contributed by atoms with Crippen molar-refractivity contribution < 1.29 is 17.9 Å². The maximum absolute atomic E-state index is 12.5. The standard InChI is InChI=1S/C19H32N2O4S/c1-14(2)13-25-10-6-8-20-18(22)7-9-21-26(23,24)19-16(4)11-15(3)12-17(19)5/h11-12,14,21H,6-10,13H2,1-5H3,(H,20,22). The molecule has 0 fully saturated rings. The first-order valence-corrected chi connectivity index (χ1v) is 10.5. The summed E-state index contributed by atoms with van der Waals surface area (Å²) in [5.74, 6) is 0.326. The Morgan fingerprint density at radius 1 is 1.12 bits per heavy atom. The van der Waals surface area contributed by atoms with Crippen molar-refractivity contribution >= 4 is 15.9 Å². The molecule has 6 nitrogen and oxygen atoms in total. The minimum Gasteiger partial charge on any atom is -0.381 e. The summed E-state index contributed by atoms with van der Waals surface area (Å²) in [7, 11) is -3.62. The first-order chi connectivity index (χ1) is 12.1. The number of rotatable bonds is 11. The van der Waals surface area contributed by atoms with E-state index in [9.17, 15) is 13.2 Å². The van der Waals surface area contributed by atoms with Crippen LogP contribution in [0.1, 0.15) is 43.4 Å². The van der Waals surface area contributed by atoms with Crippen LogP contribution in [0.4, 0.5) is 0 Å². The van der Waals surface area contributed by atoms with Gasteiger partial charge in [0, 0.05) is 32.7 Å². The van der Waals surface area contributed by atoms with E-state index in [1.807, 2.05) is 19.1 Å². The monoisotopic (exact) mass is 384 g/mol. The van der Waals surface area contributed by atoms with Crippen LogP contribution in [0.25, 0.3) is 0 Å². The predicted molar refractivity (Wildman–Crippen MR) is 104 cm³/mol. The lowest BCUT2D eigenvalue weighted by Crippen LogP contribution is -2.32. The van der Waals surface area contributed by atoms with E-state index in [1.54, 1.807) is 13.8 Å². The number of carbonyl (C=O) groups is 1. The van der Waals surface area contributed by atoms with Crippen molar-refractivity contribution in [1.82, 2.24) is 10.0 Å². The second-order valence-electron chi connectivity index (χ2n) is 7.05. The number of sulfonamides is 1. The highest BCUT2D eigenvalue weighted by molar-refractivity contribution is 7.89. The zero-order valence-corrected chi connectivity index (χ0v) is 17.3. The SMILES string of the molecule is Cc1cc(C)c(S(=O)(=O)NCCC(=O)NCCCOCC(C)C)c(C)c1. The van der Waals surface area contributed by atoms with Gasteiger partial charge in [0.15, 0.2) is 0 Å². The van der Waals surface area contributed by atoms with Gasteiger partial charge in [-0.05, 0) is 44.2 Å². The largest absolute Gasteiger partial charge is 0.381 e. The quantitative estimate of drug-likeness (QED) is 0.574. The Hall–Kier alpha value is -1.44. The molecule has 1 aromatic rings. The number of nitrogens with one attached hydrogen (secondary N) is 2. The molecular formula is C19H32N2O4S. The van der Waals surface area contributed by atoms with Gasteiger partial charge < -0.3 is 10.1 Å². The van der Waals surface area contributed by atoms with Crippen LogP contribution in [-0.2, 0) is 19.6 Å². The molecule has 2 N–H and O–H groups in total. The highest BCUT2D eigenvalue weighted by Gasteiger charge is 2.19. The number of ether oxygens (including phenoxy) is 1. The molecule has 0 atom stereocenters. The Morgan fingerprint density at radius 2 is 1.73 bits per heavy atom. The van der Waals surface area contributed by atoms with Crippen LogP contribution < -0.4 is 10.0 Å². The van der Waals surface area contributed by atoms with E-state index in [-0.39, 0.29) is 18.9 Å². The fourth-order valence-electron chi connectivity index (χ4n) is 2.77. The zero-order valence-electron chi connectivity index (χ0n) is 16.5. The molecule has 0 saturated heterocycles. The minimum atomic E-state index is -3.62. The van der Waals surface area contributed by atoms with Gasteiger partial charge in [-0.15, -0.1) is 0 Å². The topological polar surface area (TPSA) is 84.5 Å².